The fourth-order valence-corrected chi connectivity index (χ4v) is 5.22. The number of amides is 2. The Morgan fingerprint density at radius 3 is 2.75 bits per heavy atom. The topological polar surface area (TPSA) is 105 Å². The minimum Gasteiger partial charge on any atom is -0.352 e. The summed E-state index contributed by atoms with van der Waals surface area (Å²) in [5, 5.41) is 17.4. The van der Waals surface area contributed by atoms with Gasteiger partial charge in [-0.15, -0.1) is 11.3 Å². The van der Waals surface area contributed by atoms with Crippen LogP contribution in [0.5, 0.6) is 0 Å². The van der Waals surface area contributed by atoms with Crippen molar-refractivity contribution in [2.75, 3.05) is 11.9 Å². The van der Waals surface area contributed by atoms with Crippen LogP contribution in [0.15, 0.2) is 0 Å². The highest BCUT2D eigenvalue weighted by atomic mass is 32.1. The van der Waals surface area contributed by atoms with Crippen molar-refractivity contribution in [2.45, 2.75) is 51.0 Å². The van der Waals surface area contributed by atoms with Gasteiger partial charge in [0.05, 0.1) is 11.6 Å². The summed E-state index contributed by atoms with van der Waals surface area (Å²) in [4.78, 5) is 26.6. The van der Waals surface area contributed by atoms with E-state index in [0.717, 1.165) is 31.2 Å². The van der Waals surface area contributed by atoms with Gasteiger partial charge in [-0.2, -0.15) is 0 Å². The Bertz CT molecular complexity index is 985. The molecule has 2 fully saturated rings. The number of aromatic amines is 1. The zero-order valence-corrected chi connectivity index (χ0v) is 17.0. The summed E-state index contributed by atoms with van der Waals surface area (Å²) in [6.07, 6.45) is 6.62. The quantitative estimate of drug-likeness (QED) is 0.626. The Kier molecular flexibility index (Phi) is 4.54. The predicted octanol–water partition coefficient (Wildman–Crippen LogP) is 2.62. The second kappa shape index (κ2) is 7.07. The number of anilines is 1. The highest BCUT2D eigenvalue weighted by Crippen LogP contribution is 2.42. The molecule has 3 N–H and O–H groups in total. The Balaban J connectivity index is 1.45. The van der Waals surface area contributed by atoms with Gasteiger partial charge in [0.1, 0.15) is 5.00 Å². The first-order chi connectivity index (χ1) is 13.6. The van der Waals surface area contributed by atoms with E-state index in [1.807, 2.05) is 0 Å². The van der Waals surface area contributed by atoms with Crippen LogP contribution in [0.1, 0.15) is 58.9 Å². The molecule has 8 nitrogen and oxygen atoms in total. The molecule has 28 heavy (non-hydrogen) atoms. The number of carbonyl (C=O) groups excluding carboxylic acids is 2. The van der Waals surface area contributed by atoms with Crippen LogP contribution in [-0.2, 0) is 17.6 Å². The molecule has 1 unspecified atom stereocenters. The molecule has 3 aliphatic rings. The molecule has 148 valence electrons. The number of aryl methyl sites for hydroxylation is 1. The van der Waals surface area contributed by atoms with Gasteiger partial charge in [0.25, 0.3) is 5.91 Å². The summed E-state index contributed by atoms with van der Waals surface area (Å²) >= 11 is 6.82. The molecular formula is C18H22N6O2S2. The average Bonchev–Trinajstić information content (AvgIpc) is 3.60. The lowest BCUT2D eigenvalue weighted by atomic mass is 9.91. The normalized spacial score (nSPS) is 21.2. The number of carbonyl (C=O) groups is 2. The molecule has 10 heteroatoms. The van der Waals surface area contributed by atoms with Gasteiger partial charge in [-0.05, 0) is 79.1 Å². The maximum absolute atomic E-state index is 13.0. The van der Waals surface area contributed by atoms with Crippen molar-refractivity contribution >= 4 is 40.4 Å². The lowest BCUT2D eigenvalue weighted by Crippen LogP contribution is -2.29. The van der Waals surface area contributed by atoms with Crippen molar-refractivity contribution < 1.29 is 9.59 Å². The van der Waals surface area contributed by atoms with E-state index >= 15 is 0 Å². The number of thiophene rings is 1. The van der Waals surface area contributed by atoms with Crippen molar-refractivity contribution in [3.8, 4) is 0 Å². The van der Waals surface area contributed by atoms with Gasteiger partial charge >= 0.3 is 0 Å². The van der Waals surface area contributed by atoms with E-state index in [-0.39, 0.29) is 23.8 Å². The van der Waals surface area contributed by atoms with Crippen LogP contribution in [0.2, 0.25) is 0 Å². The van der Waals surface area contributed by atoms with Crippen LogP contribution in [0.4, 0.5) is 5.00 Å². The van der Waals surface area contributed by atoms with E-state index in [4.69, 9.17) is 12.2 Å². The molecule has 5 rings (SSSR count). The van der Waals surface area contributed by atoms with Gasteiger partial charge in [-0.25, -0.2) is 9.78 Å². The third-order valence-electron chi connectivity index (χ3n) is 5.74. The van der Waals surface area contributed by atoms with Crippen molar-refractivity contribution in [3.63, 3.8) is 0 Å². The number of nitrogens with one attached hydrogen (secondary N) is 3. The number of fused-ring (bicyclic) bond motifs is 1. The third kappa shape index (κ3) is 3.50. The standard InChI is InChI=1S/C18H22N6O2S2/c25-15(10-3-4-10)20-17-14(16(26)19-8-9-1-2-9)12-7-11(5-6-13(12)28-17)24-18(27)21-22-23-24/h9-11H,1-8H2,(H,19,26)(H,20,25)(H,21,23,27). The third-order valence-corrected chi connectivity index (χ3v) is 7.22. The molecule has 0 spiro atoms. The van der Waals surface area contributed by atoms with Crippen LogP contribution in [-0.4, -0.2) is 38.6 Å². The van der Waals surface area contributed by atoms with Crippen LogP contribution in [0.3, 0.4) is 0 Å². The van der Waals surface area contributed by atoms with Gasteiger partial charge in [-0.1, -0.05) is 0 Å². The number of tetrazole rings is 1. The number of nitrogens with zero attached hydrogens (tertiary/aromatic N) is 3. The lowest BCUT2D eigenvalue weighted by Gasteiger charge is -2.22. The molecule has 2 aromatic rings. The van der Waals surface area contributed by atoms with Crippen LogP contribution in [0, 0.1) is 16.6 Å². The average molecular weight is 419 g/mol. The molecule has 0 aromatic carbocycles. The summed E-state index contributed by atoms with van der Waals surface area (Å²) in [5.74, 6) is 0.650. The minimum absolute atomic E-state index is 0.0325. The van der Waals surface area contributed by atoms with Crippen LogP contribution >= 0.6 is 23.6 Å². The van der Waals surface area contributed by atoms with Crippen molar-refractivity contribution in [2.24, 2.45) is 11.8 Å². The molecule has 2 saturated carbocycles. The fraction of sp³-hybridized carbons (Fsp3) is 0.611. The molecule has 2 amide bonds. The number of rotatable bonds is 6. The number of aromatic nitrogens is 4. The zero-order valence-electron chi connectivity index (χ0n) is 15.4. The summed E-state index contributed by atoms with van der Waals surface area (Å²) in [7, 11) is 0. The van der Waals surface area contributed by atoms with Crippen molar-refractivity contribution in [1.82, 2.24) is 25.5 Å². The number of H-pyrrole nitrogens is 1. The first-order valence-corrected chi connectivity index (χ1v) is 11.1. The monoisotopic (exact) mass is 418 g/mol. The molecule has 3 aliphatic carbocycles. The van der Waals surface area contributed by atoms with E-state index in [1.165, 1.54) is 17.7 Å². The maximum Gasteiger partial charge on any atom is 0.254 e. The van der Waals surface area contributed by atoms with E-state index in [9.17, 15) is 9.59 Å². The molecule has 2 heterocycles. The molecule has 1 atom stereocenters. The molecule has 0 saturated heterocycles. The van der Waals surface area contributed by atoms with Gasteiger partial charge in [0.15, 0.2) is 0 Å². The summed E-state index contributed by atoms with van der Waals surface area (Å²) < 4.78 is 2.22. The lowest BCUT2D eigenvalue weighted by molar-refractivity contribution is -0.117. The van der Waals surface area contributed by atoms with E-state index in [1.54, 1.807) is 16.0 Å². The molecule has 2 aromatic heterocycles. The summed E-state index contributed by atoms with van der Waals surface area (Å²) in [6, 6.07) is 0.0651. The minimum atomic E-state index is -0.0834. The van der Waals surface area contributed by atoms with E-state index < -0.39 is 0 Å². The van der Waals surface area contributed by atoms with Gasteiger partial charge in [-0.3, -0.25) is 9.59 Å². The van der Waals surface area contributed by atoms with Gasteiger partial charge in [0.2, 0.25) is 10.7 Å². The number of hydrogen-bond acceptors (Lipinski definition) is 6. The Labute approximate surface area is 171 Å². The second-order valence-electron chi connectivity index (χ2n) is 7.97. The molecule has 0 aliphatic heterocycles. The maximum atomic E-state index is 13.0. The molecule has 0 radical (unpaired) electrons. The fourth-order valence-electron chi connectivity index (χ4n) is 3.75. The van der Waals surface area contributed by atoms with Gasteiger partial charge < -0.3 is 10.6 Å². The predicted molar refractivity (Wildman–Crippen MR) is 107 cm³/mol. The SMILES string of the molecule is O=C(NCC1CC1)c1c(NC(=O)C2CC2)sc2c1CC(n1nn[nH]c1=S)CC2. The van der Waals surface area contributed by atoms with E-state index in [2.05, 4.69) is 26.2 Å². The number of hydrogen-bond donors (Lipinski definition) is 3. The zero-order chi connectivity index (χ0) is 19.3. The summed E-state index contributed by atoms with van der Waals surface area (Å²) in [5.41, 5.74) is 1.65. The van der Waals surface area contributed by atoms with E-state index in [0.29, 0.717) is 34.2 Å². The second-order valence-corrected chi connectivity index (χ2v) is 9.46. The first-order valence-electron chi connectivity index (χ1n) is 9.83. The van der Waals surface area contributed by atoms with Crippen molar-refractivity contribution in [1.29, 1.82) is 0 Å². The molecular weight excluding hydrogens is 396 g/mol. The van der Waals surface area contributed by atoms with Crippen LogP contribution in [0.25, 0.3) is 0 Å². The van der Waals surface area contributed by atoms with Gasteiger partial charge in [0, 0.05) is 17.3 Å². The van der Waals surface area contributed by atoms with Crippen LogP contribution < -0.4 is 10.6 Å². The van der Waals surface area contributed by atoms with Crippen molar-refractivity contribution in [3.05, 3.63) is 20.8 Å². The highest BCUT2D eigenvalue weighted by Gasteiger charge is 2.34. The largest absolute Gasteiger partial charge is 0.352 e. The first kappa shape index (κ1) is 18.0. The Hall–Kier alpha value is -2.07. The summed E-state index contributed by atoms with van der Waals surface area (Å²) in [6.45, 7) is 0.706. The molecule has 0 bridgehead atoms. The highest BCUT2D eigenvalue weighted by molar-refractivity contribution is 7.71. The Morgan fingerprint density at radius 1 is 1.25 bits per heavy atom. The Morgan fingerprint density at radius 2 is 2.07 bits per heavy atom. The smallest absolute Gasteiger partial charge is 0.254 e.